The summed E-state index contributed by atoms with van der Waals surface area (Å²) in [5.41, 5.74) is 2.50. The molecule has 0 aliphatic rings. The van der Waals surface area contributed by atoms with E-state index in [9.17, 15) is 18.0 Å². The number of aliphatic hydroxyl groups excluding tert-OH is 1. The maximum absolute atomic E-state index is 13.3. The molecule has 0 radical (unpaired) electrons. The molecule has 0 aliphatic carbocycles. The lowest BCUT2D eigenvalue weighted by Gasteiger charge is -2.15. The Kier molecular flexibility index (Phi) is 5.69. The lowest BCUT2D eigenvalue weighted by atomic mass is 10.0. The Balaban J connectivity index is 2.14. The van der Waals surface area contributed by atoms with Crippen molar-refractivity contribution in [2.75, 3.05) is 6.61 Å². The van der Waals surface area contributed by atoms with E-state index in [4.69, 9.17) is 5.11 Å². The third-order valence-electron chi connectivity index (χ3n) is 4.26. The van der Waals surface area contributed by atoms with E-state index in [2.05, 4.69) is 15.4 Å². The van der Waals surface area contributed by atoms with E-state index in [0.29, 0.717) is 10.2 Å². The zero-order valence-electron chi connectivity index (χ0n) is 15.7. The topological polar surface area (TPSA) is 80.0 Å². The lowest BCUT2D eigenvalue weighted by Crippen LogP contribution is -2.35. The number of aromatic nitrogens is 3. The maximum atomic E-state index is 13.3. The van der Waals surface area contributed by atoms with Crippen LogP contribution in [0, 0.1) is 6.92 Å². The van der Waals surface area contributed by atoms with Gasteiger partial charge in [-0.25, -0.2) is 9.67 Å². The van der Waals surface area contributed by atoms with Crippen LogP contribution in [0.1, 0.15) is 28.7 Å². The predicted octanol–water partition coefficient (Wildman–Crippen LogP) is 3.37. The van der Waals surface area contributed by atoms with Gasteiger partial charge in [-0.1, -0.05) is 29.8 Å². The van der Waals surface area contributed by atoms with Crippen LogP contribution in [0.15, 0.2) is 48.8 Å². The van der Waals surface area contributed by atoms with Gasteiger partial charge in [0.1, 0.15) is 6.33 Å². The Morgan fingerprint density at radius 1 is 1.17 bits per heavy atom. The predicted molar refractivity (Wildman–Crippen MR) is 101 cm³/mol. The number of amides is 1. The molecule has 152 valence electrons. The fourth-order valence-electron chi connectivity index (χ4n) is 2.75. The van der Waals surface area contributed by atoms with Crippen LogP contribution in [0.2, 0.25) is 0 Å². The quantitative estimate of drug-likeness (QED) is 0.683. The lowest BCUT2D eigenvalue weighted by molar-refractivity contribution is -0.146. The van der Waals surface area contributed by atoms with Gasteiger partial charge in [-0.05, 0) is 43.2 Å². The molecule has 2 aromatic carbocycles. The van der Waals surface area contributed by atoms with Gasteiger partial charge >= 0.3 is 6.18 Å². The number of aliphatic hydroxyl groups is 1. The monoisotopic (exact) mass is 404 g/mol. The Bertz CT molecular complexity index is 1010. The number of halogens is 3. The summed E-state index contributed by atoms with van der Waals surface area (Å²) in [6.45, 7) is 3.26. The molecule has 3 aromatic rings. The highest BCUT2D eigenvalue weighted by Crippen LogP contribution is 2.31. The second kappa shape index (κ2) is 8.04. The van der Waals surface area contributed by atoms with Crippen LogP contribution in [0.4, 0.5) is 13.2 Å². The summed E-state index contributed by atoms with van der Waals surface area (Å²) in [5.74, 6) is -1.70. The van der Waals surface area contributed by atoms with Gasteiger partial charge in [-0.3, -0.25) is 4.79 Å². The number of carbonyl (C=O) groups excluding carboxylic acids is 1. The van der Waals surface area contributed by atoms with Crippen LogP contribution >= 0.6 is 0 Å². The SMILES string of the molecule is Cc1ccc(-c2cc(C(=O)N[C@@H](C)CO)cc(-n3ncnc3C(F)(F)F)c2)cc1. The van der Waals surface area contributed by atoms with Crippen LogP contribution < -0.4 is 5.32 Å². The van der Waals surface area contributed by atoms with E-state index >= 15 is 0 Å². The molecule has 0 spiro atoms. The Morgan fingerprint density at radius 3 is 2.48 bits per heavy atom. The highest BCUT2D eigenvalue weighted by molar-refractivity contribution is 5.96. The summed E-state index contributed by atoms with van der Waals surface area (Å²) < 4.78 is 40.5. The van der Waals surface area contributed by atoms with Crippen LogP contribution in [-0.2, 0) is 6.18 Å². The van der Waals surface area contributed by atoms with Gasteiger partial charge in [-0.2, -0.15) is 18.3 Å². The zero-order valence-corrected chi connectivity index (χ0v) is 15.7. The van der Waals surface area contributed by atoms with Crippen molar-refractivity contribution in [3.63, 3.8) is 0 Å². The molecule has 0 bridgehead atoms. The number of nitrogens with zero attached hydrogens (tertiary/aromatic N) is 3. The summed E-state index contributed by atoms with van der Waals surface area (Å²) in [4.78, 5) is 15.9. The number of alkyl halides is 3. The van der Waals surface area contributed by atoms with Crippen LogP contribution in [0.25, 0.3) is 16.8 Å². The first kappa shape index (κ1) is 20.5. The van der Waals surface area contributed by atoms with E-state index in [0.717, 1.165) is 17.5 Å². The summed E-state index contributed by atoms with van der Waals surface area (Å²) >= 11 is 0. The summed E-state index contributed by atoms with van der Waals surface area (Å²) in [6.07, 6.45) is -3.89. The van der Waals surface area contributed by atoms with E-state index < -0.39 is 23.9 Å². The van der Waals surface area contributed by atoms with Crippen molar-refractivity contribution >= 4 is 5.91 Å². The number of nitrogens with one attached hydrogen (secondary N) is 1. The third-order valence-corrected chi connectivity index (χ3v) is 4.26. The van der Waals surface area contributed by atoms with E-state index in [-0.39, 0.29) is 17.9 Å². The summed E-state index contributed by atoms with van der Waals surface area (Å²) in [6, 6.07) is 11.3. The number of benzene rings is 2. The molecule has 2 N–H and O–H groups in total. The van der Waals surface area contributed by atoms with E-state index in [1.54, 1.807) is 13.0 Å². The summed E-state index contributed by atoms with van der Waals surface area (Å²) in [7, 11) is 0. The standard InChI is InChI=1S/C20H19F3N4O2/c1-12-3-5-14(6-4-12)15-7-16(18(29)26-13(2)10-28)9-17(8-15)27-19(20(21,22)23)24-11-25-27/h3-9,11,13,28H,10H2,1-2H3,(H,26,29)/t13-/m0/s1. The first-order valence-electron chi connectivity index (χ1n) is 8.80. The van der Waals surface area contributed by atoms with Gasteiger partial charge in [0.2, 0.25) is 5.82 Å². The first-order valence-corrected chi connectivity index (χ1v) is 8.80. The zero-order chi connectivity index (χ0) is 21.2. The van der Waals surface area contributed by atoms with Crippen molar-refractivity contribution in [3.05, 3.63) is 65.7 Å². The van der Waals surface area contributed by atoms with Crippen molar-refractivity contribution in [2.24, 2.45) is 0 Å². The second-order valence-corrected chi connectivity index (χ2v) is 6.68. The van der Waals surface area contributed by atoms with Crippen molar-refractivity contribution in [1.82, 2.24) is 20.1 Å². The molecule has 0 saturated carbocycles. The maximum Gasteiger partial charge on any atom is 0.451 e. The molecule has 29 heavy (non-hydrogen) atoms. The van der Waals surface area contributed by atoms with Gasteiger partial charge in [0.25, 0.3) is 5.91 Å². The Hall–Kier alpha value is -3.20. The van der Waals surface area contributed by atoms with Gasteiger partial charge in [0.15, 0.2) is 0 Å². The van der Waals surface area contributed by atoms with Crippen LogP contribution in [-0.4, -0.2) is 38.4 Å². The minimum atomic E-state index is -4.70. The third kappa shape index (κ3) is 4.62. The number of hydrogen-bond acceptors (Lipinski definition) is 4. The van der Waals surface area contributed by atoms with Gasteiger partial charge in [-0.15, -0.1) is 0 Å². The first-order chi connectivity index (χ1) is 13.7. The van der Waals surface area contributed by atoms with Crippen LogP contribution in [0.3, 0.4) is 0 Å². The van der Waals surface area contributed by atoms with Crippen LogP contribution in [0.5, 0.6) is 0 Å². The molecule has 0 fully saturated rings. The Labute approximate surface area is 165 Å². The van der Waals surface area contributed by atoms with Crippen molar-refractivity contribution < 1.29 is 23.1 Å². The largest absolute Gasteiger partial charge is 0.451 e. The molecular weight excluding hydrogens is 385 g/mol. The molecule has 9 heteroatoms. The van der Waals surface area contributed by atoms with E-state index in [1.165, 1.54) is 12.1 Å². The molecule has 1 atom stereocenters. The smallest absolute Gasteiger partial charge is 0.394 e. The highest BCUT2D eigenvalue weighted by Gasteiger charge is 2.37. The molecule has 6 nitrogen and oxygen atoms in total. The normalized spacial score (nSPS) is 12.6. The highest BCUT2D eigenvalue weighted by atomic mass is 19.4. The molecule has 0 unspecified atom stereocenters. The number of carbonyl (C=O) groups is 1. The van der Waals surface area contributed by atoms with Gasteiger partial charge in [0.05, 0.1) is 12.3 Å². The number of rotatable bonds is 5. The molecular formula is C20H19F3N4O2. The average molecular weight is 404 g/mol. The minimum absolute atomic E-state index is 0.0506. The average Bonchev–Trinajstić information content (AvgIpc) is 3.18. The molecule has 3 rings (SSSR count). The molecule has 1 heterocycles. The Morgan fingerprint density at radius 2 is 1.86 bits per heavy atom. The van der Waals surface area contributed by atoms with Crippen molar-refractivity contribution in [2.45, 2.75) is 26.1 Å². The fourth-order valence-corrected chi connectivity index (χ4v) is 2.75. The summed E-state index contributed by atoms with van der Waals surface area (Å²) in [5, 5.41) is 15.4. The molecule has 0 aliphatic heterocycles. The van der Waals surface area contributed by atoms with E-state index in [1.807, 2.05) is 31.2 Å². The minimum Gasteiger partial charge on any atom is -0.394 e. The molecule has 1 aromatic heterocycles. The number of hydrogen-bond donors (Lipinski definition) is 2. The molecule has 0 saturated heterocycles. The number of aryl methyl sites for hydroxylation is 1. The van der Waals surface area contributed by atoms with Crippen molar-refractivity contribution in [1.29, 1.82) is 0 Å². The van der Waals surface area contributed by atoms with Gasteiger partial charge in [0, 0.05) is 11.6 Å². The van der Waals surface area contributed by atoms with Crippen molar-refractivity contribution in [3.8, 4) is 16.8 Å². The fraction of sp³-hybridized carbons (Fsp3) is 0.250. The van der Waals surface area contributed by atoms with Gasteiger partial charge < -0.3 is 10.4 Å². The second-order valence-electron chi connectivity index (χ2n) is 6.68. The molecule has 1 amide bonds.